The average molecular weight is 240 g/mol. The van der Waals surface area contributed by atoms with E-state index in [1.54, 1.807) is 0 Å². The number of hydrogen-bond donors (Lipinski definition) is 2. The van der Waals surface area contributed by atoms with Crippen molar-refractivity contribution in [2.75, 3.05) is 13.2 Å². The fourth-order valence-corrected chi connectivity index (χ4v) is 1.43. The fraction of sp³-hybridized carbons (Fsp3) is 0.545. The van der Waals surface area contributed by atoms with E-state index in [4.69, 9.17) is 9.84 Å². The Kier molecular flexibility index (Phi) is 4.84. The standard InChI is InChI=1S/C11H16N2O4/c1-3-5-17-6-4-8-12-7(2)9(11(15)16)10(14)13-8/h3-6H2,1-2H3,(H,15,16)(H,12,13,14). The van der Waals surface area contributed by atoms with Crippen molar-refractivity contribution in [3.8, 4) is 0 Å². The Labute approximate surface area is 98.7 Å². The second kappa shape index (κ2) is 6.15. The topological polar surface area (TPSA) is 92.3 Å². The van der Waals surface area contributed by atoms with E-state index >= 15 is 0 Å². The zero-order valence-corrected chi connectivity index (χ0v) is 9.95. The van der Waals surface area contributed by atoms with Crippen LogP contribution < -0.4 is 5.56 Å². The molecule has 17 heavy (non-hydrogen) atoms. The normalized spacial score (nSPS) is 10.5. The molecule has 0 aliphatic rings. The van der Waals surface area contributed by atoms with Gasteiger partial charge in [-0.25, -0.2) is 9.78 Å². The number of aromatic nitrogens is 2. The summed E-state index contributed by atoms with van der Waals surface area (Å²) >= 11 is 0. The number of carboxylic acid groups (broad SMARTS) is 1. The highest BCUT2D eigenvalue weighted by molar-refractivity contribution is 5.88. The highest BCUT2D eigenvalue weighted by Crippen LogP contribution is 2.00. The molecule has 94 valence electrons. The molecular weight excluding hydrogens is 224 g/mol. The van der Waals surface area contributed by atoms with Crippen LogP contribution in [-0.4, -0.2) is 34.3 Å². The first-order valence-electron chi connectivity index (χ1n) is 5.47. The van der Waals surface area contributed by atoms with Crippen molar-refractivity contribution < 1.29 is 14.6 Å². The molecule has 0 aliphatic carbocycles. The molecule has 0 atom stereocenters. The lowest BCUT2D eigenvalue weighted by Gasteiger charge is -2.05. The first-order valence-corrected chi connectivity index (χ1v) is 5.47. The molecule has 0 fully saturated rings. The number of aryl methyl sites for hydroxylation is 1. The van der Waals surface area contributed by atoms with E-state index in [9.17, 15) is 9.59 Å². The van der Waals surface area contributed by atoms with Gasteiger partial charge in [-0.2, -0.15) is 0 Å². The molecule has 0 amide bonds. The van der Waals surface area contributed by atoms with Crippen LogP contribution in [0.5, 0.6) is 0 Å². The number of hydrogen-bond acceptors (Lipinski definition) is 4. The molecule has 0 saturated carbocycles. The Morgan fingerprint density at radius 3 is 2.71 bits per heavy atom. The summed E-state index contributed by atoms with van der Waals surface area (Å²) in [7, 11) is 0. The van der Waals surface area contributed by atoms with Gasteiger partial charge in [0, 0.05) is 13.0 Å². The predicted molar refractivity (Wildman–Crippen MR) is 61.4 cm³/mol. The maximum absolute atomic E-state index is 11.5. The van der Waals surface area contributed by atoms with Crippen molar-refractivity contribution in [2.45, 2.75) is 26.7 Å². The number of nitrogens with zero attached hydrogens (tertiary/aromatic N) is 1. The summed E-state index contributed by atoms with van der Waals surface area (Å²) in [5.41, 5.74) is -0.689. The minimum Gasteiger partial charge on any atom is -0.477 e. The van der Waals surface area contributed by atoms with Gasteiger partial charge in [-0.15, -0.1) is 0 Å². The van der Waals surface area contributed by atoms with Crippen molar-refractivity contribution in [3.05, 3.63) is 27.4 Å². The molecule has 1 heterocycles. The van der Waals surface area contributed by atoms with Gasteiger partial charge in [-0.1, -0.05) is 6.92 Å². The Bertz CT molecular complexity index is 453. The molecular formula is C11H16N2O4. The number of nitrogens with one attached hydrogen (secondary N) is 1. The van der Waals surface area contributed by atoms with Crippen molar-refractivity contribution in [1.29, 1.82) is 0 Å². The molecule has 2 N–H and O–H groups in total. The Morgan fingerprint density at radius 2 is 2.18 bits per heavy atom. The maximum Gasteiger partial charge on any atom is 0.343 e. The van der Waals surface area contributed by atoms with Gasteiger partial charge in [0.1, 0.15) is 11.4 Å². The molecule has 0 aromatic carbocycles. The number of ether oxygens (including phenoxy) is 1. The van der Waals surface area contributed by atoms with Gasteiger partial charge in [0.25, 0.3) is 5.56 Å². The van der Waals surface area contributed by atoms with Gasteiger partial charge in [-0.3, -0.25) is 4.79 Å². The van der Waals surface area contributed by atoms with Crippen molar-refractivity contribution in [2.24, 2.45) is 0 Å². The van der Waals surface area contributed by atoms with Crippen molar-refractivity contribution in [1.82, 2.24) is 9.97 Å². The first kappa shape index (κ1) is 13.4. The number of aromatic amines is 1. The van der Waals surface area contributed by atoms with Gasteiger partial charge in [0.05, 0.1) is 12.3 Å². The zero-order valence-electron chi connectivity index (χ0n) is 9.95. The van der Waals surface area contributed by atoms with Crippen molar-refractivity contribution >= 4 is 5.97 Å². The van der Waals surface area contributed by atoms with Crippen LogP contribution >= 0.6 is 0 Å². The zero-order chi connectivity index (χ0) is 12.8. The lowest BCUT2D eigenvalue weighted by molar-refractivity contribution is 0.0693. The molecule has 6 nitrogen and oxygen atoms in total. The van der Waals surface area contributed by atoms with Crippen LogP contribution in [0.15, 0.2) is 4.79 Å². The van der Waals surface area contributed by atoms with Gasteiger partial charge in [0.15, 0.2) is 0 Å². The van der Waals surface area contributed by atoms with E-state index < -0.39 is 11.5 Å². The van der Waals surface area contributed by atoms with Crippen LogP contribution in [0.2, 0.25) is 0 Å². The van der Waals surface area contributed by atoms with Gasteiger partial charge in [-0.05, 0) is 13.3 Å². The molecule has 1 rings (SSSR count). The fourth-order valence-electron chi connectivity index (χ4n) is 1.43. The van der Waals surface area contributed by atoms with Crippen LogP contribution in [0, 0.1) is 6.92 Å². The van der Waals surface area contributed by atoms with E-state index in [1.165, 1.54) is 6.92 Å². The van der Waals surface area contributed by atoms with Gasteiger partial charge >= 0.3 is 5.97 Å². The quantitative estimate of drug-likeness (QED) is 0.716. The Balaban J connectivity index is 2.77. The van der Waals surface area contributed by atoms with E-state index in [2.05, 4.69) is 9.97 Å². The summed E-state index contributed by atoms with van der Waals surface area (Å²) in [5, 5.41) is 8.80. The summed E-state index contributed by atoms with van der Waals surface area (Å²) in [4.78, 5) is 28.7. The molecule has 0 spiro atoms. The largest absolute Gasteiger partial charge is 0.477 e. The predicted octanol–water partition coefficient (Wildman–Crippen LogP) is 0.746. The molecule has 0 unspecified atom stereocenters. The van der Waals surface area contributed by atoms with E-state index in [0.717, 1.165) is 6.42 Å². The second-order valence-corrected chi connectivity index (χ2v) is 3.64. The SMILES string of the molecule is CCCOCCc1nc(C)c(C(=O)O)c(=O)[nH]1. The molecule has 6 heteroatoms. The number of carboxylic acids is 1. The lowest BCUT2D eigenvalue weighted by Crippen LogP contribution is -2.23. The molecule has 0 radical (unpaired) electrons. The lowest BCUT2D eigenvalue weighted by atomic mass is 10.2. The maximum atomic E-state index is 11.5. The highest BCUT2D eigenvalue weighted by atomic mass is 16.5. The molecule has 1 aromatic rings. The molecule has 0 saturated heterocycles. The van der Waals surface area contributed by atoms with Crippen LogP contribution in [0.4, 0.5) is 0 Å². The highest BCUT2D eigenvalue weighted by Gasteiger charge is 2.14. The minimum absolute atomic E-state index is 0.228. The third-order valence-electron chi connectivity index (χ3n) is 2.19. The molecule has 0 aliphatic heterocycles. The van der Waals surface area contributed by atoms with E-state index in [-0.39, 0.29) is 11.3 Å². The number of aromatic carboxylic acids is 1. The summed E-state index contributed by atoms with van der Waals surface area (Å²) in [6.07, 6.45) is 1.40. The average Bonchev–Trinajstić information content (AvgIpc) is 2.23. The summed E-state index contributed by atoms with van der Waals surface area (Å²) in [6, 6.07) is 0. The minimum atomic E-state index is -1.26. The Hall–Kier alpha value is -1.69. The van der Waals surface area contributed by atoms with Gasteiger partial charge < -0.3 is 14.8 Å². The second-order valence-electron chi connectivity index (χ2n) is 3.64. The summed E-state index contributed by atoms with van der Waals surface area (Å²) < 4.78 is 5.27. The Morgan fingerprint density at radius 1 is 1.47 bits per heavy atom. The number of H-pyrrole nitrogens is 1. The van der Waals surface area contributed by atoms with Crippen LogP contribution in [-0.2, 0) is 11.2 Å². The van der Waals surface area contributed by atoms with Crippen LogP contribution in [0.25, 0.3) is 0 Å². The summed E-state index contributed by atoms with van der Waals surface area (Å²) in [6.45, 7) is 4.64. The molecule has 1 aromatic heterocycles. The third kappa shape index (κ3) is 3.67. The van der Waals surface area contributed by atoms with E-state index in [1.807, 2.05) is 6.92 Å². The smallest absolute Gasteiger partial charge is 0.343 e. The monoisotopic (exact) mass is 240 g/mol. The van der Waals surface area contributed by atoms with Crippen LogP contribution in [0.1, 0.15) is 35.2 Å². The number of carbonyl (C=O) groups is 1. The van der Waals surface area contributed by atoms with E-state index in [0.29, 0.717) is 25.5 Å². The van der Waals surface area contributed by atoms with Crippen molar-refractivity contribution in [3.63, 3.8) is 0 Å². The van der Waals surface area contributed by atoms with Gasteiger partial charge in [0.2, 0.25) is 0 Å². The first-order chi connectivity index (χ1) is 8.06. The number of rotatable bonds is 6. The molecule has 0 bridgehead atoms. The third-order valence-corrected chi connectivity index (χ3v) is 2.19. The van der Waals surface area contributed by atoms with Crippen LogP contribution in [0.3, 0.4) is 0 Å². The summed E-state index contributed by atoms with van der Waals surface area (Å²) in [5.74, 6) is -0.807.